The van der Waals surface area contributed by atoms with Crippen LogP contribution in [0.25, 0.3) is 11.3 Å². The van der Waals surface area contributed by atoms with Gasteiger partial charge in [0.25, 0.3) is 5.91 Å². The average molecular weight is 290 g/mol. The fourth-order valence-electron chi connectivity index (χ4n) is 1.41. The van der Waals surface area contributed by atoms with Crippen LogP contribution in [0, 0.1) is 5.82 Å². The number of amides is 1. The fourth-order valence-corrected chi connectivity index (χ4v) is 2.08. The molecule has 0 aliphatic heterocycles. The molecular formula is C11H6F4N2OS. The molecule has 1 aromatic carbocycles. The molecule has 0 atom stereocenters. The van der Waals surface area contributed by atoms with Gasteiger partial charge in [-0.25, -0.2) is 9.37 Å². The van der Waals surface area contributed by atoms with Gasteiger partial charge in [-0.1, -0.05) is 0 Å². The highest BCUT2D eigenvalue weighted by molar-refractivity contribution is 7.12. The Morgan fingerprint density at radius 2 is 2.00 bits per heavy atom. The maximum atomic E-state index is 13.5. The molecule has 0 aliphatic carbocycles. The van der Waals surface area contributed by atoms with E-state index in [9.17, 15) is 22.4 Å². The standard InChI is InChI=1S/C11H6F4N2OS/c12-7-2-1-5(11(13,14)15)3-6(7)8-4-19-10(17-8)9(16)18/h1-4H,(H2,16,18). The van der Waals surface area contributed by atoms with Crippen molar-refractivity contribution in [3.8, 4) is 11.3 Å². The minimum atomic E-state index is -4.58. The number of hydrogen-bond acceptors (Lipinski definition) is 3. The molecule has 0 fully saturated rings. The molecule has 19 heavy (non-hydrogen) atoms. The summed E-state index contributed by atoms with van der Waals surface area (Å²) >= 11 is 0.841. The number of carbonyl (C=O) groups is 1. The van der Waals surface area contributed by atoms with Gasteiger partial charge in [-0.15, -0.1) is 11.3 Å². The first-order chi connectivity index (χ1) is 8.79. The van der Waals surface area contributed by atoms with E-state index < -0.39 is 23.5 Å². The number of aromatic nitrogens is 1. The van der Waals surface area contributed by atoms with Gasteiger partial charge in [-0.2, -0.15) is 13.2 Å². The van der Waals surface area contributed by atoms with E-state index in [0.29, 0.717) is 18.2 Å². The third kappa shape index (κ3) is 2.73. The quantitative estimate of drug-likeness (QED) is 0.864. The Kier molecular flexibility index (Phi) is 3.27. The van der Waals surface area contributed by atoms with Crippen molar-refractivity contribution in [1.82, 2.24) is 4.98 Å². The van der Waals surface area contributed by atoms with Gasteiger partial charge in [0.2, 0.25) is 0 Å². The van der Waals surface area contributed by atoms with Gasteiger partial charge in [0.1, 0.15) is 5.82 Å². The Morgan fingerprint density at radius 1 is 1.32 bits per heavy atom. The molecule has 1 aromatic heterocycles. The molecule has 0 saturated carbocycles. The van der Waals surface area contributed by atoms with E-state index in [-0.39, 0.29) is 16.3 Å². The zero-order chi connectivity index (χ0) is 14.2. The number of hydrogen-bond donors (Lipinski definition) is 1. The van der Waals surface area contributed by atoms with E-state index >= 15 is 0 Å². The highest BCUT2D eigenvalue weighted by Gasteiger charge is 2.31. The predicted molar refractivity (Wildman–Crippen MR) is 61.0 cm³/mol. The average Bonchev–Trinajstić information content (AvgIpc) is 2.77. The Morgan fingerprint density at radius 3 is 2.53 bits per heavy atom. The van der Waals surface area contributed by atoms with E-state index in [0.717, 1.165) is 11.3 Å². The molecule has 100 valence electrons. The molecule has 1 amide bonds. The lowest BCUT2D eigenvalue weighted by Gasteiger charge is -2.08. The van der Waals surface area contributed by atoms with E-state index in [4.69, 9.17) is 5.73 Å². The summed E-state index contributed by atoms with van der Waals surface area (Å²) in [5, 5.41) is 1.19. The summed E-state index contributed by atoms with van der Waals surface area (Å²) in [4.78, 5) is 14.6. The molecule has 2 aromatic rings. The number of alkyl halides is 3. The number of carbonyl (C=O) groups excluding carboxylic acids is 1. The zero-order valence-corrected chi connectivity index (χ0v) is 9.98. The van der Waals surface area contributed by atoms with Crippen molar-refractivity contribution >= 4 is 17.2 Å². The van der Waals surface area contributed by atoms with Crippen LogP contribution < -0.4 is 5.73 Å². The second-order valence-corrected chi connectivity index (χ2v) is 4.45. The minimum absolute atomic E-state index is 0.0533. The van der Waals surface area contributed by atoms with E-state index in [1.54, 1.807) is 0 Å². The van der Waals surface area contributed by atoms with Crippen LogP contribution in [0.2, 0.25) is 0 Å². The molecule has 1 heterocycles. The fraction of sp³-hybridized carbons (Fsp3) is 0.0909. The number of rotatable bonds is 2. The van der Waals surface area contributed by atoms with Crippen LogP contribution in [-0.4, -0.2) is 10.9 Å². The SMILES string of the molecule is NC(=O)c1nc(-c2cc(C(F)(F)F)ccc2F)cs1. The Labute approximate surface area is 108 Å². The maximum Gasteiger partial charge on any atom is 0.416 e. The summed E-state index contributed by atoms with van der Waals surface area (Å²) in [6.45, 7) is 0. The van der Waals surface area contributed by atoms with Crippen LogP contribution in [0.5, 0.6) is 0 Å². The van der Waals surface area contributed by atoms with Crippen molar-refractivity contribution in [3.63, 3.8) is 0 Å². The minimum Gasteiger partial charge on any atom is -0.364 e. The largest absolute Gasteiger partial charge is 0.416 e. The zero-order valence-electron chi connectivity index (χ0n) is 9.16. The van der Waals surface area contributed by atoms with E-state index in [2.05, 4.69) is 4.98 Å². The van der Waals surface area contributed by atoms with E-state index in [1.807, 2.05) is 0 Å². The maximum absolute atomic E-state index is 13.5. The highest BCUT2D eigenvalue weighted by atomic mass is 32.1. The first-order valence-electron chi connectivity index (χ1n) is 4.91. The van der Waals surface area contributed by atoms with Crippen LogP contribution in [0.3, 0.4) is 0 Å². The van der Waals surface area contributed by atoms with Crippen molar-refractivity contribution in [1.29, 1.82) is 0 Å². The van der Waals surface area contributed by atoms with Gasteiger partial charge in [-0.05, 0) is 18.2 Å². The Balaban J connectivity index is 2.51. The van der Waals surface area contributed by atoms with Crippen LogP contribution in [-0.2, 0) is 6.18 Å². The molecule has 0 radical (unpaired) electrons. The number of nitrogens with two attached hydrogens (primary N) is 1. The van der Waals surface area contributed by atoms with Crippen molar-refractivity contribution in [2.45, 2.75) is 6.18 Å². The number of primary amides is 1. The normalized spacial score (nSPS) is 11.6. The van der Waals surface area contributed by atoms with Crippen molar-refractivity contribution < 1.29 is 22.4 Å². The highest BCUT2D eigenvalue weighted by Crippen LogP contribution is 2.33. The number of benzene rings is 1. The lowest BCUT2D eigenvalue weighted by Crippen LogP contribution is -2.10. The lowest BCUT2D eigenvalue weighted by molar-refractivity contribution is -0.137. The second kappa shape index (κ2) is 4.61. The first kappa shape index (κ1) is 13.5. The van der Waals surface area contributed by atoms with Crippen LogP contribution in [0.15, 0.2) is 23.6 Å². The molecule has 0 unspecified atom stereocenters. The molecule has 8 heteroatoms. The predicted octanol–water partition coefficient (Wildman–Crippen LogP) is 3.07. The molecule has 0 aliphatic rings. The molecule has 0 spiro atoms. The van der Waals surface area contributed by atoms with Gasteiger partial charge in [0.05, 0.1) is 11.3 Å². The molecule has 2 rings (SSSR count). The number of nitrogens with zero attached hydrogens (tertiary/aromatic N) is 1. The number of thiazole rings is 1. The first-order valence-corrected chi connectivity index (χ1v) is 5.79. The third-order valence-electron chi connectivity index (χ3n) is 2.28. The van der Waals surface area contributed by atoms with E-state index in [1.165, 1.54) is 5.38 Å². The monoisotopic (exact) mass is 290 g/mol. The second-order valence-electron chi connectivity index (χ2n) is 3.59. The molecule has 2 N–H and O–H groups in total. The molecule has 0 bridgehead atoms. The summed E-state index contributed by atoms with van der Waals surface area (Å²) in [6.07, 6.45) is -4.58. The van der Waals surface area contributed by atoms with Gasteiger partial charge < -0.3 is 5.73 Å². The summed E-state index contributed by atoms with van der Waals surface area (Å²) in [5.41, 5.74) is 3.62. The van der Waals surface area contributed by atoms with Crippen LogP contribution in [0.1, 0.15) is 15.4 Å². The molecular weight excluding hydrogens is 284 g/mol. The van der Waals surface area contributed by atoms with Crippen LogP contribution >= 0.6 is 11.3 Å². The Bertz CT molecular complexity index is 636. The van der Waals surface area contributed by atoms with Crippen molar-refractivity contribution in [2.75, 3.05) is 0 Å². The number of halogens is 4. The van der Waals surface area contributed by atoms with Crippen molar-refractivity contribution in [2.24, 2.45) is 5.73 Å². The van der Waals surface area contributed by atoms with Gasteiger partial charge in [0.15, 0.2) is 5.01 Å². The lowest BCUT2D eigenvalue weighted by atomic mass is 10.1. The summed E-state index contributed by atoms with van der Waals surface area (Å²) in [5.74, 6) is -1.67. The summed E-state index contributed by atoms with van der Waals surface area (Å²) in [7, 11) is 0. The topological polar surface area (TPSA) is 56.0 Å². The van der Waals surface area contributed by atoms with Gasteiger partial charge >= 0.3 is 6.18 Å². The summed E-state index contributed by atoms with van der Waals surface area (Å²) < 4.78 is 51.1. The smallest absolute Gasteiger partial charge is 0.364 e. The summed E-state index contributed by atoms with van der Waals surface area (Å²) in [6, 6.07) is 2.00. The third-order valence-corrected chi connectivity index (χ3v) is 3.14. The van der Waals surface area contributed by atoms with Gasteiger partial charge in [-0.3, -0.25) is 4.79 Å². The Hall–Kier alpha value is -1.96. The van der Waals surface area contributed by atoms with Crippen molar-refractivity contribution in [3.05, 3.63) is 40.0 Å². The van der Waals surface area contributed by atoms with Crippen LogP contribution in [0.4, 0.5) is 17.6 Å². The molecule has 3 nitrogen and oxygen atoms in total. The molecule has 0 saturated heterocycles. The van der Waals surface area contributed by atoms with Gasteiger partial charge in [0, 0.05) is 10.9 Å².